The summed E-state index contributed by atoms with van der Waals surface area (Å²) >= 11 is 1.51. The SMILES string of the molecule is CCOC(=O)CSCC=Cc1ccc(Cc2nc(-c3ccccc3)oc2C)o1. The van der Waals surface area contributed by atoms with Crippen LogP contribution in [0.5, 0.6) is 0 Å². The Labute approximate surface area is 168 Å². The minimum absolute atomic E-state index is 0.181. The Kier molecular flexibility index (Phi) is 7.14. The number of carbonyl (C=O) groups is 1. The molecule has 0 radical (unpaired) electrons. The summed E-state index contributed by atoms with van der Waals surface area (Å²) < 4.78 is 16.5. The summed E-state index contributed by atoms with van der Waals surface area (Å²) in [4.78, 5) is 15.9. The van der Waals surface area contributed by atoms with Crippen molar-refractivity contribution >= 4 is 23.8 Å². The number of esters is 1. The fourth-order valence-corrected chi connectivity index (χ4v) is 3.22. The lowest BCUT2D eigenvalue weighted by Crippen LogP contribution is -2.06. The van der Waals surface area contributed by atoms with E-state index in [-0.39, 0.29) is 5.97 Å². The van der Waals surface area contributed by atoms with Crippen LogP contribution in [0.2, 0.25) is 0 Å². The number of aromatic nitrogens is 1. The molecule has 3 rings (SSSR count). The van der Waals surface area contributed by atoms with E-state index in [9.17, 15) is 4.79 Å². The van der Waals surface area contributed by atoms with Crippen LogP contribution in [0.15, 0.2) is 57.4 Å². The zero-order chi connectivity index (χ0) is 19.8. The molecule has 5 nitrogen and oxygen atoms in total. The van der Waals surface area contributed by atoms with E-state index in [1.54, 1.807) is 6.92 Å². The highest BCUT2D eigenvalue weighted by molar-refractivity contribution is 8.00. The normalized spacial score (nSPS) is 11.2. The molecule has 0 aliphatic carbocycles. The Morgan fingerprint density at radius 3 is 2.79 bits per heavy atom. The molecule has 0 N–H and O–H groups in total. The van der Waals surface area contributed by atoms with E-state index in [4.69, 9.17) is 13.6 Å². The van der Waals surface area contributed by atoms with Gasteiger partial charge in [0.15, 0.2) is 0 Å². The molecule has 146 valence electrons. The van der Waals surface area contributed by atoms with Crippen LogP contribution in [0.25, 0.3) is 17.5 Å². The molecule has 0 fully saturated rings. The molecule has 0 aliphatic heterocycles. The molecule has 0 atom stereocenters. The number of nitrogens with zero attached hydrogens (tertiary/aromatic N) is 1. The summed E-state index contributed by atoms with van der Waals surface area (Å²) in [7, 11) is 0. The van der Waals surface area contributed by atoms with E-state index in [0.29, 0.717) is 24.7 Å². The standard InChI is InChI=1S/C22H23NO4S/c1-3-25-21(24)15-28-13-7-10-18-11-12-19(27-18)14-20-16(2)26-22(23-20)17-8-5-4-6-9-17/h4-12H,3,13-15H2,1-2H3. The highest BCUT2D eigenvalue weighted by Crippen LogP contribution is 2.23. The number of hydrogen-bond donors (Lipinski definition) is 0. The Bertz CT molecular complexity index is 927. The fourth-order valence-electron chi connectivity index (χ4n) is 2.62. The largest absolute Gasteiger partial charge is 0.465 e. The van der Waals surface area contributed by atoms with Crippen LogP contribution in [0, 0.1) is 6.92 Å². The van der Waals surface area contributed by atoms with Gasteiger partial charge in [-0.3, -0.25) is 4.79 Å². The molecule has 2 heterocycles. The lowest BCUT2D eigenvalue weighted by molar-refractivity contribution is -0.139. The van der Waals surface area contributed by atoms with Crippen molar-refractivity contribution < 1.29 is 18.4 Å². The molecule has 0 saturated heterocycles. The average molecular weight is 397 g/mol. The van der Waals surface area contributed by atoms with E-state index < -0.39 is 0 Å². The number of furan rings is 1. The number of carbonyl (C=O) groups excluding carboxylic acids is 1. The molecule has 3 aromatic rings. The first kappa shape index (κ1) is 20.0. The molecule has 0 unspecified atom stereocenters. The van der Waals surface area contributed by atoms with Crippen molar-refractivity contribution in [3.05, 3.63) is 71.5 Å². The predicted octanol–water partition coefficient (Wildman–Crippen LogP) is 5.14. The molecule has 0 bridgehead atoms. The molecule has 6 heteroatoms. The molecule has 0 saturated carbocycles. The topological polar surface area (TPSA) is 65.5 Å². The second-order valence-electron chi connectivity index (χ2n) is 6.09. The van der Waals surface area contributed by atoms with Gasteiger partial charge in [-0.05, 0) is 44.2 Å². The highest BCUT2D eigenvalue weighted by atomic mass is 32.2. The van der Waals surface area contributed by atoms with Crippen LogP contribution in [-0.4, -0.2) is 29.1 Å². The van der Waals surface area contributed by atoms with Crippen molar-refractivity contribution in [3.8, 4) is 11.5 Å². The zero-order valence-corrected chi connectivity index (χ0v) is 16.8. The Morgan fingerprint density at radius 1 is 1.18 bits per heavy atom. The first-order valence-corrected chi connectivity index (χ1v) is 10.3. The lowest BCUT2D eigenvalue weighted by Gasteiger charge is -1.98. The van der Waals surface area contributed by atoms with E-state index in [1.165, 1.54) is 11.8 Å². The van der Waals surface area contributed by atoms with Gasteiger partial charge in [0.2, 0.25) is 5.89 Å². The highest BCUT2D eigenvalue weighted by Gasteiger charge is 2.13. The van der Waals surface area contributed by atoms with Crippen molar-refractivity contribution in [2.45, 2.75) is 20.3 Å². The summed E-state index contributed by atoms with van der Waals surface area (Å²) in [5, 5.41) is 0. The number of hydrogen-bond acceptors (Lipinski definition) is 6. The van der Waals surface area contributed by atoms with Gasteiger partial charge >= 0.3 is 5.97 Å². The second-order valence-corrected chi connectivity index (χ2v) is 7.12. The minimum atomic E-state index is -0.181. The first-order valence-electron chi connectivity index (χ1n) is 9.16. The molecule has 0 amide bonds. The third kappa shape index (κ3) is 5.63. The van der Waals surface area contributed by atoms with Gasteiger partial charge in [0.1, 0.15) is 17.3 Å². The third-order valence-electron chi connectivity index (χ3n) is 3.96. The molecule has 2 aromatic heterocycles. The summed E-state index contributed by atoms with van der Waals surface area (Å²) in [6.45, 7) is 4.14. The molecule has 0 aliphatic rings. The maximum Gasteiger partial charge on any atom is 0.315 e. The van der Waals surface area contributed by atoms with Crippen LogP contribution in [0.3, 0.4) is 0 Å². The van der Waals surface area contributed by atoms with Gasteiger partial charge in [0.05, 0.1) is 24.5 Å². The maximum absolute atomic E-state index is 11.3. The van der Waals surface area contributed by atoms with E-state index >= 15 is 0 Å². The van der Waals surface area contributed by atoms with Crippen LogP contribution in [0.4, 0.5) is 0 Å². The Hall–Kier alpha value is -2.73. The maximum atomic E-state index is 11.3. The molecule has 1 aromatic carbocycles. The van der Waals surface area contributed by atoms with Crippen LogP contribution in [0.1, 0.15) is 29.9 Å². The number of rotatable bonds is 9. The zero-order valence-electron chi connectivity index (χ0n) is 16.0. The monoisotopic (exact) mass is 397 g/mol. The first-order chi connectivity index (χ1) is 13.7. The summed E-state index contributed by atoms with van der Waals surface area (Å²) in [6, 6.07) is 13.7. The van der Waals surface area contributed by atoms with Gasteiger partial charge in [0.25, 0.3) is 0 Å². The van der Waals surface area contributed by atoms with E-state index in [2.05, 4.69) is 4.98 Å². The number of ether oxygens (including phenoxy) is 1. The fraction of sp³-hybridized carbons (Fsp3) is 0.273. The summed E-state index contributed by atoms with van der Waals surface area (Å²) in [5.41, 5.74) is 1.83. The number of benzene rings is 1. The molecular weight excluding hydrogens is 374 g/mol. The molecule has 28 heavy (non-hydrogen) atoms. The smallest absolute Gasteiger partial charge is 0.315 e. The lowest BCUT2D eigenvalue weighted by atomic mass is 10.2. The van der Waals surface area contributed by atoms with Gasteiger partial charge in [-0.1, -0.05) is 24.3 Å². The van der Waals surface area contributed by atoms with Crippen LogP contribution >= 0.6 is 11.8 Å². The van der Waals surface area contributed by atoms with E-state index in [1.807, 2.05) is 61.5 Å². The van der Waals surface area contributed by atoms with Crippen molar-refractivity contribution in [1.82, 2.24) is 4.98 Å². The molecule has 0 spiro atoms. The number of oxazole rings is 1. The summed E-state index contributed by atoms with van der Waals surface area (Å²) in [6.07, 6.45) is 4.46. The Balaban J connectivity index is 1.54. The van der Waals surface area contributed by atoms with Crippen molar-refractivity contribution in [1.29, 1.82) is 0 Å². The van der Waals surface area contributed by atoms with Gasteiger partial charge in [-0.15, -0.1) is 11.8 Å². The predicted molar refractivity (Wildman–Crippen MR) is 111 cm³/mol. The quantitative estimate of drug-likeness (QED) is 0.368. The second kappa shape index (κ2) is 9.99. The molecular formula is C22H23NO4S. The third-order valence-corrected chi connectivity index (χ3v) is 4.83. The Morgan fingerprint density at radius 2 is 2.00 bits per heavy atom. The minimum Gasteiger partial charge on any atom is -0.465 e. The number of aryl methyl sites for hydroxylation is 1. The van der Waals surface area contributed by atoms with E-state index in [0.717, 1.165) is 34.3 Å². The van der Waals surface area contributed by atoms with Gasteiger partial charge < -0.3 is 13.6 Å². The van der Waals surface area contributed by atoms with Gasteiger partial charge in [-0.2, -0.15) is 0 Å². The van der Waals surface area contributed by atoms with Crippen LogP contribution < -0.4 is 0 Å². The average Bonchev–Trinajstić information content (AvgIpc) is 3.29. The van der Waals surface area contributed by atoms with Crippen molar-refractivity contribution in [3.63, 3.8) is 0 Å². The van der Waals surface area contributed by atoms with Gasteiger partial charge in [0, 0.05) is 11.3 Å². The van der Waals surface area contributed by atoms with Crippen LogP contribution in [-0.2, 0) is 16.0 Å². The van der Waals surface area contributed by atoms with Crippen molar-refractivity contribution in [2.75, 3.05) is 18.1 Å². The van der Waals surface area contributed by atoms with Gasteiger partial charge in [-0.25, -0.2) is 4.98 Å². The van der Waals surface area contributed by atoms with Crippen molar-refractivity contribution in [2.24, 2.45) is 0 Å². The summed E-state index contributed by atoms with van der Waals surface area (Å²) in [5.74, 6) is 3.92. The number of thioether (sulfide) groups is 1.